The van der Waals surface area contributed by atoms with E-state index >= 15 is 0 Å². The number of hydrogen-bond acceptors (Lipinski definition) is 4. The first-order valence-corrected chi connectivity index (χ1v) is 8.40. The van der Waals surface area contributed by atoms with Gasteiger partial charge >= 0.3 is 0 Å². The van der Waals surface area contributed by atoms with Crippen LogP contribution in [0.2, 0.25) is 0 Å². The summed E-state index contributed by atoms with van der Waals surface area (Å²) in [5, 5.41) is 7.54. The molecular formula is C12H20N4O2S. The Labute approximate surface area is 113 Å². The summed E-state index contributed by atoms with van der Waals surface area (Å²) in [6.45, 7) is 1.71. The first-order valence-electron chi connectivity index (χ1n) is 6.92. The molecule has 0 radical (unpaired) electrons. The molecule has 1 aromatic heterocycles. The molecule has 0 aromatic carbocycles. The second-order valence-electron chi connectivity index (χ2n) is 5.42. The van der Waals surface area contributed by atoms with Gasteiger partial charge in [0.05, 0.1) is 6.20 Å². The molecule has 2 aliphatic rings. The second kappa shape index (κ2) is 5.22. The average molecular weight is 284 g/mol. The largest absolute Gasteiger partial charge is 0.314 e. The molecule has 2 aliphatic carbocycles. The first kappa shape index (κ1) is 13.1. The summed E-state index contributed by atoms with van der Waals surface area (Å²) in [5.74, 6) is 0. The maximum atomic E-state index is 11.9. The van der Waals surface area contributed by atoms with Crippen molar-refractivity contribution in [3.05, 3.63) is 12.4 Å². The van der Waals surface area contributed by atoms with Crippen LogP contribution in [0, 0.1) is 0 Å². The van der Waals surface area contributed by atoms with Crippen LogP contribution in [0.25, 0.3) is 0 Å². The van der Waals surface area contributed by atoms with E-state index in [-0.39, 0.29) is 10.9 Å². The molecule has 2 N–H and O–H groups in total. The smallest absolute Gasteiger partial charge is 0.243 e. The lowest BCUT2D eigenvalue weighted by Crippen LogP contribution is -2.25. The highest BCUT2D eigenvalue weighted by Crippen LogP contribution is 2.22. The minimum atomic E-state index is -3.36. The van der Waals surface area contributed by atoms with Crippen molar-refractivity contribution in [2.75, 3.05) is 6.54 Å². The van der Waals surface area contributed by atoms with Crippen molar-refractivity contribution < 1.29 is 8.42 Å². The van der Waals surface area contributed by atoms with E-state index in [1.165, 1.54) is 19.0 Å². The second-order valence-corrected chi connectivity index (χ2v) is 7.13. The molecule has 1 heterocycles. The molecule has 2 fully saturated rings. The van der Waals surface area contributed by atoms with Crippen molar-refractivity contribution in [3.63, 3.8) is 0 Å². The molecule has 6 nitrogen and oxygen atoms in total. The van der Waals surface area contributed by atoms with Crippen LogP contribution in [0.3, 0.4) is 0 Å². The van der Waals surface area contributed by atoms with E-state index < -0.39 is 10.0 Å². The van der Waals surface area contributed by atoms with Gasteiger partial charge in [0.2, 0.25) is 10.0 Å². The van der Waals surface area contributed by atoms with Crippen molar-refractivity contribution in [1.29, 1.82) is 0 Å². The van der Waals surface area contributed by atoms with Gasteiger partial charge in [-0.2, -0.15) is 5.10 Å². The molecule has 0 saturated heterocycles. The maximum Gasteiger partial charge on any atom is 0.243 e. The SMILES string of the molecule is O=S(=O)(NC1CC1)c1cnn(CCCNC2CC2)c1. The van der Waals surface area contributed by atoms with Gasteiger partial charge < -0.3 is 5.32 Å². The van der Waals surface area contributed by atoms with Crippen LogP contribution in [0.5, 0.6) is 0 Å². The van der Waals surface area contributed by atoms with Crippen molar-refractivity contribution in [2.24, 2.45) is 0 Å². The Kier molecular flexibility index (Phi) is 3.60. The average Bonchev–Trinajstić information content (AvgIpc) is 3.27. The number of nitrogens with zero attached hydrogens (tertiary/aromatic N) is 2. The Morgan fingerprint density at radius 3 is 2.68 bits per heavy atom. The summed E-state index contributed by atoms with van der Waals surface area (Å²) in [7, 11) is -3.36. The van der Waals surface area contributed by atoms with Crippen molar-refractivity contribution >= 4 is 10.0 Å². The van der Waals surface area contributed by atoms with Gasteiger partial charge in [-0.1, -0.05) is 0 Å². The molecule has 19 heavy (non-hydrogen) atoms. The van der Waals surface area contributed by atoms with Crippen LogP contribution < -0.4 is 10.0 Å². The fourth-order valence-corrected chi connectivity index (χ4v) is 3.19. The standard InChI is InChI=1S/C12H20N4O2S/c17-19(18,15-11-4-5-11)12-8-14-16(9-12)7-1-6-13-10-2-3-10/h8-11,13,15H,1-7H2. The summed E-state index contributed by atoms with van der Waals surface area (Å²) >= 11 is 0. The molecule has 0 bridgehead atoms. The minimum absolute atomic E-state index is 0.135. The van der Waals surface area contributed by atoms with Crippen molar-refractivity contribution in [2.45, 2.75) is 55.6 Å². The van der Waals surface area contributed by atoms with Crippen LogP contribution in [-0.4, -0.2) is 36.8 Å². The molecule has 0 amide bonds. The predicted octanol–water partition coefficient (Wildman–Crippen LogP) is 0.466. The molecule has 1 aromatic rings. The summed E-state index contributed by atoms with van der Waals surface area (Å²) in [4.78, 5) is 0.273. The quantitative estimate of drug-likeness (QED) is 0.680. The fraction of sp³-hybridized carbons (Fsp3) is 0.750. The van der Waals surface area contributed by atoms with E-state index in [1.807, 2.05) is 0 Å². The Hall–Kier alpha value is -0.920. The van der Waals surface area contributed by atoms with E-state index in [9.17, 15) is 8.42 Å². The number of aryl methyl sites for hydroxylation is 1. The van der Waals surface area contributed by atoms with Crippen LogP contribution in [-0.2, 0) is 16.6 Å². The third-order valence-corrected chi connectivity index (χ3v) is 4.87. The molecule has 106 valence electrons. The van der Waals surface area contributed by atoms with E-state index in [2.05, 4.69) is 15.1 Å². The molecule has 0 atom stereocenters. The number of rotatable bonds is 8. The molecule has 0 unspecified atom stereocenters. The zero-order chi connectivity index (χ0) is 13.3. The van der Waals surface area contributed by atoms with Gasteiger partial charge in [0.1, 0.15) is 4.90 Å². The summed E-state index contributed by atoms with van der Waals surface area (Å²) in [5.41, 5.74) is 0. The van der Waals surface area contributed by atoms with Crippen LogP contribution >= 0.6 is 0 Å². The zero-order valence-electron chi connectivity index (χ0n) is 10.9. The molecule has 7 heteroatoms. The van der Waals surface area contributed by atoms with Gasteiger partial charge in [0.25, 0.3) is 0 Å². The molecule has 2 saturated carbocycles. The number of sulfonamides is 1. The lowest BCUT2D eigenvalue weighted by atomic mass is 10.4. The normalized spacial score (nSPS) is 19.8. The summed E-state index contributed by atoms with van der Waals surface area (Å²) < 4.78 is 28.3. The Bertz CT molecular complexity index is 532. The van der Waals surface area contributed by atoms with Gasteiger partial charge in [-0.25, -0.2) is 13.1 Å². The lowest BCUT2D eigenvalue weighted by Gasteiger charge is -2.03. The number of hydrogen-bond donors (Lipinski definition) is 2. The molecular weight excluding hydrogens is 264 g/mol. The Morgan fingerprint density at radius 2 is 2.00 bits per heavy atom. The molecule has 3 rings (SSSR count). The number of nitrogens with one attached hydrogen (secondary N) is 2. The fourth-order valence-electron chi connectivity index (χ4n) is 1.93. The summed E-state index contributed by atoms with van der Waals surface area (Å²) in [6, 6.07) is 0.854. The Balaban J connectivity index is 1.49. The van der Waals surface area contributed by atoms with Crippen LogP contribution in [0.15, 0.2) is 17.3 Å². The van der Waals surface area contributed by atoms with Gasteiger partial charge in [-0.15, -0.1) is 0 Å². The predicted molar refractivity (Wildman–Crippen MR) is 71.2 cm³/mol. The maximum absolute atomic E-state index is 11.9. The van der Waals surface area contributed by atoms with Crippen molar-refractivity contribution in [3.8, 4) is 0 Å². The highest BCUT2D eigenvalue weighted by atomic mass is 32.2. The first-order chi connectivity index (χ1) is 9.13. The summed E-state index contributed by atoms with van der Waals surface area (Å²) in [6.07, 6.45) is 8.48. The van der Waals surface area contributed by atoms with Gasteiger partial charge in [-0.3, -0.25) is 4.68 Å². The van der Waals surface area contributed by atoms with E-state index in [4.69, 9.17) is 0 Å². The Morgan fingerprint density at radius 1 is 1.26 bits per heavy atom. The molecule has 0 spiro atoms. The van der Waals surface area contributed by atoms with E-state index in [1.54, 1.807) is 10.9 Å². The highest BCUT2D eigenvalue weighted by molar-refractivity contribution is 7.89. The monoisotopic (exact) mass is 284 g/mol. The van der Waals surface area contributed by atoms with Gasteiger partial charge in [0, 0.05) is 24.8 Å². The highest BCUT2D eigenvalue weighted by Gasteiger charge is 2.28. The van der Waals surface area contributed by atoms with E-state index in [0.29, 0.717) is 0 Å². The lowest BCUT2D eigenvalue weighted by molar-refractivity contribution is 0.541. The zero-order valence-corrected chi connectivity index (χ0v) is 11.7. The number of aromatic nitrogens is 2. The van der Waals surface area contributed by atoms with Crippen LogP contribution in [0.4, 0.5) is 0 Å². The topological polar surface area (TPSA) is 76.0 Å². The molecule has 0 aliphatic heterocycles. The third-order valence-electron chi connectivity index (χ3n) is 3.39. The third kappa shape index (κ3) is 3.77. The van der Waals surface area contributed by atoms with E-state index in [0.717, 1.165) is 38.4 Å². The minimum Gasteiger partial charge on any atom is -0.314 e. The van der Waals surface area contributed by atoms with Gasteiger partial charge in [-0.05, 0) is 38.6 Å². The van der Waals surface area contributed by atoms with Crippen molar-refractivity contribution in [1.82, 2.24) is 19.8 Å². The van der Waals surface area contributed by atoms with Gasteiger partial charge in [0.15, 0.2) is 0 Å². The van der Waals surface area contributed by atoms with Crippen LogP contribution in [0.1, 0.15) is 32.1 Å².